The normalized spacial score (nSPS) is 14.1. The van der Waals surface area contributed by atoms with E-state index in [-0.39, 0.29) is 22.8 Å². The highest BCUT2D eigenvalue weighted by atomic mass is 32.2. The molecule has 1 aliphatic rings. The van der Waals surface area contributed by atoms with Gasteiger partial charge in [0, 0.05) is 17.1 Å². The Balaban J connectivity index is 2.18. The Kier molecular flexibility index (Phi) is 6.11. The molecule has 1 aliphatic carbocycles. The zero-order chi connectivity index (χ0) is 22.2. The van der Waals surface area contributed by atoms with E-state index in [9.17, 15) is 31.9 Å². The molecule has 0 amide bonds. The van der Waals surface area contributed by atoms with E-state index in [1.54, 1.807) is 0 Å². The smallest absolute Gasteiger partial charge is 0.398 e. The van der Waals surface area contributed by atoms with E-state index in [4.69, 9.17) is 4.74 Å². The molecule has 1 saturated carbocycles. The van der Waals surface area contributed by atoms with Gasteiger partial charge in [0.25, 0.3) is 5.56 Å². The maximum Gasteiger partial charge on any atom is 0.398 e. The number of ether oxygens (including phenoxy) is 1. The number of aromatic nitrogens is 2. The minimum atomic E-state index is -4.43. The van der Waals surface area contributed by atoms with Gasteiger partial charge in [0.05, 0.1) is 18.0 Å². The van der Waals surface area contributed by atoms with Crippen molar-refractivity contribution in [3.05, 3.63) is 56.1 Å². The Morgan fingerprint density at radius 3 is 2.50 bits per heavy atom. The summed E-state index contributed by atoms with van der Waals surface area (Å²) in [5, 5.41) is 0. The van der Waals surface area contributed by atoms with Crippen LogP contribution in [0.15, 0.2) is 32.8 Å². The molecule has 30 heavy (non-hydrogen) atoms. The SMILES string of the molecule is CCOC(=O)c1cn(-c2cc(SCC(F)(F)F)c(C)cc2F)c(=O)n(C2CC2)c1=O. The number of aryl methyl sites for hydroxylation is 1. The van der Waals surface area contributed by atoms with Crippen LogP contribution in [0.5, 0.6) is 0 Å². The van der Waals surface area contributed by atoms with Gasteiger partial charge in [0.1, 0.15) is 11.4 Å². The van der Waals surface area contributed by atoms with E-state index in [0.29, 0.717) is 24.6 Å². The van der Waals surface area contributed by atoms with Crippen molar-refractivity contribution in [1.29, 1.82) is 0 Å². The molecule has 11 heteroatoms. The Morgan fingerprint density at radius 1 is 1.27 bits per heavy atom. The summed E-state index contributed by atoms with van der Waals surface area (Å²) in [6.45, 7) is 2.97. The molecule has 0 bridgehead atoms. The van der Waals surface area contributed by atoms with Crippen molar-refractivity contribution in [2.45, 2.75) is 43.8 Å². The molecule has 1 fully saturated rings. The average Bonchev–Trinajstić information content (AvgIpc) is 3.46. The number of benzene rings is 1. The lowest BCUT2D eigenvalue weighted by atomic mass is 10.2. The molecule has 0 atom stereocenters. The summed E-state index contributed by atoms with van der Waals surface area (Å²) in [7, 11) is 0. The highest BCUT2D eigenvalue weighted by Crippen LogP contribution is 2.33. The lowest BCUT2D eigenvalue weighted by molar-refractivity contribution is -0.105. The topological polar surface area (TPSA) is 70.3 Å². The molecule has 0 saturated heterocycles. The second-order valence-electron chi connectivity index (χ2n) is 6.80. The standard InChI is InChI=1S/C19H18F4N2O4S/c1-3-29-17(27)12-8-24(18(28)25(16(12)26)11-4-5-11)14-7-15(10(2)6-13(14)20)30-9-19(21,22)23/h6-8,11H,3-5,9H2,1-2H3. The second kappa shape index (κ2) is 8.29. The van der Waals surface area contributed by atoms with Gasteiger partial charge in [-0.1, -0.05) is 0 Å². The van der Waals surface area contributed by atoms with Crippen molar-refractivity contribution in [1.82, 2.24) is 9.13 Å². The third-order valence-corrected chi connectivity index (χ3v) is 5.64. The van der Waals surface area contributed by atoms with Crippen molar-refractivity contribution in [3.63, 3.8) is 0 Å². The van der Waals surface area contributed by atoms with Gasteiger partial charge in [0.15, 0.2) is 0 Å². The van der Waals surface area contributed by atoms with Crippen LogP contribution in [0.25, 0.3) is 5.69 Å². The number of hydrogen-bond acceptors (Lipinski definition) is 5. The second-order valence-corrected chi connectivity index (χ2v) is 7.81. The van der Waals surface area contributed by atoms with Gasteiger partial charge in [-0.2, -0.15) is 13.2 Å². The minimum absolute atomic E-state index is 0.0159. The summed E-state index contributed by atoms with van der Waals surface area (Å²) in [6.07, 6.45) is -2.46. The highest BCUT2D eigenvalue weighted by molar-refractivity contribution is 7.99. The molecule has 6 nitrogen and oxygen atoms in total. The number of thioether (sulfide) groups is 1. The molecule has 0 N–H and O–H groups in total. The van der Waals surface area contributed by atoms with Crippen LogP contribution in [0.2, 0.25) is 0 Å². The number of nitrogens with zero attached hydrogens (tertiary/aromatic N) is 2. The zero-order valence-electron chi connectivity index (χ0n) is 16.1. The van der Waals surface area contributed by atoms with Gasteiger partial charge in [-0.15, -0.1) is 11.8 Å². The van der Waals surface area contributed by atoms with E-state index >= 15 is 0 Å². The van der Waals surface area contributed by atoms with Gasteiger partial charge < -0.3 is 4.74 Å². The van der Waals surface area contributed by atoms with Crippen LogP contribution < -0.4 is 11.2 Å². The maximum absolute atomic E-state index is 14.7. The maximum atomic E-state index is 14.7. The van der Waals surface area contributed by atoms with Crippen molar-refractivity contribution in [3.8, 4) is 5.69 Å². The highest BCUT2D eigenvalue weighted by Gasteiger charge is 2.31. The van der Waals surface area contributed by atoms with Gasteiger partial charge >= 0.3 is 17.8 Å². The quantitative estimate of drug-likeness (QED) is 0.385. The fourth-order valence-electron chi connectivity index (χ4n) is 2.89. The lowest BCUT2D eigenvalue weighted by Gasteiger charge is -2.15. The van der Waals surface area contributed by atoms with E-state index in [1.165, 1.54) is 13.8 Å². The van der Waals surface area contributed by atoms with Gasteiger partial charge in [-0.25, -0.2) is 14.0 Å². The summed E-state index contributed by atoms with van der Waals surface area (Å²) in [5.74, 6) is -3.03. The molecule has 3 rings (SSSR count). The number of hydrogen-bond donors (Lipinski definition) is 0. The Bertz CT molecular complexity index is 1100. The third-order valence-electron chi connectivity index (χ3n) is 4.42. The van der Waals surface area contributed by atoms with Crippen LogP contribution in [0.4, 0.5) is 17.6 Å². The van der Waals surface area contributed by atoms with Gasteiger partial charge in [-0.3, -0.25) is 13.9 Å². The largest absolute Gasteiger partial charge is 0.462 e. The van der Waals surface area contributed by atoms with Crippen LogP contribution in [0, 0.1) is 12.7 Å². The summed E-state index contributed by atoms with van der Waals surface area (Å²) in [4.78, 5) is 37.8. The molecular formula is C19H18F4N2O4S. The zero-order valence-corrected chi connectivity index (χ0v) is 16.9. The minimum Gasteiger partial charge on any atom is -0.462 e. The lowest BCUT2D eigenvalue weighted by Crippen LogP contribution is -2.42. The Hall–Kier alpha value is -2.56. The predicted molar refractivity (Wildman–Crippen MR) is 102 cm³/mol. The molecule has 0 radical (unpaired) electrons. The molecule has 2 aromatic rings. The van der Waals surface area contributed by atoms with Crippen LogP contribution >= 0.6 is 11.8 Å². The van der Waals surface area contributed by atoms with E-state index < -0.39 is 46.6 Å². The Labute approximate surface area is 172 Å². The first-order valence-electron chi connectivity index (χ1n) is 9.09. The number of esters is 1. The van der Waals surface area contributed by atoms with E-state index in [1.807, 2.05) is 0 Å². The summed E-state index contributed by atoms with van der Waals surface area (Å²) in [5.41, 5.74) is -2.25. The number of rotatable bonds is 6. The number of carbonyl (C=O) groups excluding carboxylic acids is 1. The molecule has 0 spiro atoms. The van der Waals surface area contributed by atoms with Crippen molar-refractivity contribution in [2.75, 3.05) is 12.4 Å². The third kappa shape index (κ3) is 4.61. The summed E-state index contributed by atoms with van der Waals surface area (Å²) < 4.78 is 59.0. The summed E-state index contributed by atoms with van der Waals surface area (Å²) >= 11 is 0.455. The average molecular weight is 446 g/mol. The molecule has 0 unspecified atom stereocenters. The molecule has 1 aromatic heterocycles. The van der Waals surface area contributed by atoms with Crippen molar-refractivity contribution < 1.29 is 27.1 Å². The van der Waals surface area contributed by atoms with Crippen molar-refractivity contribution in [2.24, 2.45) is 0 Å². The van der Waals surface area contributed by atoms with Gasteiger partial charge in [-0.05, 0) is 44.4 Å². The van der Waals surface area contributed by atoms with Crippen LogP contribution in [0.3, 0.4) is 0 Å². The number of alkyl halides is 3. The molecule has 162 valence electrons. The Morgan fingerprint density at radius 2 is 1.93 bits per heavy atom. The van der Waals surface area contributed by atoms with Crippen LogP contribution in [-0.2, 0) is 4.74 Å². The molecular weight excluding hydrogens is 428 g/mol. The number of carbonyl (C=O) groups is 1. The van der Waals surface area contributed by atoms with E-state index in [0.717, 1.165) is 27.5 Å². The molecule has 0 aliphatic heterocycles. The monoisotopic (exact) mass is 446 g/mol. The van der Waals surface area contributed by atoms with Crippen LogP contribution in [-0.4, -0.2) is 33.6 Å². The first-order chi connectivity index (χ1) is 14.0. The number of halogens is 4. The van der Waals surface area contributed by atoms with Crippen molar-refractivity contribution >= 4 is 17.7 Å². The predicted octanol–water partition coefficient (Wildman–Crippen LogP) is 3.61. The fourth-order valence-corrected chi connectivity index (χ4v) is 3.69. The molecule has 1 aromatic carbocycles. The fraction of sp³-hybridized carbons (Fsp3) is 0.421. The van der Waals surface area contributed by atoms with Gasteiger partial charge in [0.2, 0.25) is 0 Å². The molecule has 1 heterocycles. The first kappa shape index (κ1) is 22.1. The van der Waals surface area contributed by atoms with E-state index in [2.05, 4.69) is 0 Å². The van der Waals surface area contributed by atoms with Crippen LogP contribution in [0.1, 0.15) is 41.7 Å². The first-order valence-corrected chi connectivity index (χ1v) is 10.1. The summed E-state index contributed by atoms with van der Waals surface area (Å²) in [6, 6.07) is 1.70.